The quantitative estimate of drug-likeness (QED) is 0.173. The molecule has 41 heavy (non-hydrogen) atoms. The van der Waals surface area contributed by atoms with E-state index in [2.05, 4.69) is 46.4 Å². The lowest BCUT2D eigenvalue weighted by atomic mass is 9.45. The molecule has 3 saturated carbocycles. The van der Waals surface area contributed by atoms with Crippen molar-refractivity contribution in [3.63, 3.8) is 0 Å². The first-order valence-electron chi connectivity index (χ1n) is 14.2. The van der Waals surface area contributed by atoms with Crippen molar-refractivity contribution in [3.05, 3.63) is 86.9 Å². The number of fused-ring (bicyclic) bond motifs is 3. The molecule has 4 aromatic rings. The van der Waals surface area contributed by atoms with E-state index >= 15 is 0 Å². The largest absolute Gasteiger partial charge is 0.351 e. The van der Waals surface area contributed by atoms with Gasteiger partial charge in [0.15, 0.2) is 5.96 Å². The molecule has 214 valence electrons. The van der Waals surface area contributed by atoms with Crippen LogP contribution in [0.5, 0.6) is 0 Å². The van der Waals surface area contributed by atoms with Crippen molar-refractivity contribution >= 4 is 45.8 Å². The van der Waals surface area contributed by atoms with Gasteiger partial charge in [0.25, 0.3) is 5.56 Å². The number of hydrogen-bond donors (Lipinski definition) is 3. The summed E-state index contributed by atoms with van der Waals surface area (Å²) in [5.74, 6) is 2.63. The smallest absolute Gasteiger partial charge is 0.261 e. The van der Waals surface area contributed by atoms with Crippen LogP contribution in [0.15, 0.2) is 65.0 Å². The number of imidazole rings is 1. The number of nitrogens with zero attached hydrogens (tertiary/aromatic N) is 4. The minimum Gasteiger partial charge on any atom is -0.351 e. The third-order valence-electron chi connectivity index (χ3n) is 9.33. The average Bonchev–Trinajstić information content (AvgIpc) is 3.47. The maximum absolute atomic E-state index is 13.2. The Labute approximate surface area is 249 Å². The molecular weight excluding hydrogens is 557 g/mol. The summed E-state index contributed by atoms with van der Waals surface area (Å²) >= 11 is 12.3. The summed E-state index contributed by atoms with van der Waals surface area (Å²) in [5, 5.41) is 8.66. The van der Waals surface area contributed by atoms with Gasteiger partial charge in [0.05, 0.1) is 41.8 Å². The fourth-order valence-corrected chi connectivity index (χ4v) is 7.14. The van der Waals surface area contributed by atoms with Crippen molar-refractivity contribution in [1.29, 1.82) is 0 Å². The Hall–Kier alpha value is -3.36. The predicted molar refractivity (Wildman–Crippen MR) is 166 cm³/mol. The number of hydrogen-bond acceptors (Lipinski definition) is 4. The molecule has 3 N–H and O–H groups in total. The number of aromatic nitrogens is 4. The summed E-state index contributed by atoms with van der Waals surface area (Å²) in [6.45, 7) is 8.16. The van der Waals surface area contributed by atoms with Crippen LogP contribution in [0.4, 0.5) is 5.69 Å². The fourth-order valence-electron chi connectivity index (χ4n) is 6.64. The van der Waals surface area contributed by atoms with Crippen molar-refractivity contribution in [2.24, 2.45) is 28.2 Å². The molecule has 4 atom stereocenters. The zero-order chi connectivity index (χ0) is 28.7. The van der Waals surface area contributed by atoms with Gasteiger partial charge in [0, 0.05) is 28.5 Å². The number of aryl methyl sites for hydroxylation is 2. The molecular formula is C31H35Cl2N7O. The normalized spacial score (nSPS) is 23.3. The number of guanidine groups is 1. The van der Waals surface area contributed by atoms with E-state index in [0.29, 0.717) is 69.6 Å². The lowest BCUT2D eigenvalue weighted by Crippen LogP contribution is -2.56. The van der Waals surface area contributed by atoms with E-state index in [4.69, 9.17) is 28.2 Å². The van der Waals surface area contributed by atoms with E-state index in [9.17, 15) is 4.79 Å². The predicted octanol–water partition coefficient (Wildman–Crippen LogP) is 6.30. The summed E-state index contributed by atoms with van der Waals surface area (Å²) in [5.41, 5.74) is 3.60. The second kappa shape index (κ2) is 11.1. The lowest BCUT2D eigenvalue weighted by molar-refractivity contribution is -0.108. The summed E-state index contributed by atoms with van der Waals surface area (Å²) in [7, 11) is 0. The molecule has 0 saturated heterocycles. The summed E-state index contributed by atoms with van der Waals surface area (Å²) in [4.78, 5) is 30.4. The maximum Gasteiger partial charge on any atom is 0.261 e. The molecule has 0 aliphatic heterocycles. The van der Waals surface area contributed by atoms with Crippen molar-refractivity contribution < 1.29 is 0 Å². The van der Waals surface area contributed by atoms with Gasteiger partial charge in [-0.1, -0.05) is 50.0 Å². The van der Waals surface area contributed by atoms with Crippen LogP contribution in [0.3, 0.4) is 0 Å². The van der Waals surface area contributed by atoms with E-state index in [1.165, 1.54) is 6.42 Å². The Bertz CT molecular complexity index is 1650. The van der Waals surface area contributed by atoms with Gasteiger partial charge in [-0.15, -0.1) is 0 Å². The Morgan fingerprint density at radius 2 is 2.02 bits per heavy atom. The van der Waals surface area contributed by atoms with Gasteiger partial charge in [0.2, 0.25) is 0 Å². The Morgan fingerprint density at radius 1 is 1.17 bits per heavy atom. The molecule has 1 unspecified atom stereocenters. The van der Waals surface area contributed by atoms with Gasteiger partial charge in [0.1, 0.15) is 0 Å². The number of H-pyrrole nitrogens is 1. The van der Waals surface area contributed by atoms with E-state index in [1.54, 1.807) is 29.4 Å². The number of rotatable bonds is 7. The molecule has 3 aliphatic rings. The monoisotopic (exact) mass is 591 g/mol. The standard InChI is InChI=1S/C31H35Cl2N7O/c1-18-25-10-20(31(25,2)3)11-27(18)39-30(35-15-23-14-34-16-36-23)38-22-6-7-24-28(13-22)37-17-40(29(24)41)9-8-19-4-5-21(32)12-26(19)33/h4-7,12-14,16-18,20,25,27H,8-11,15H2,1-3H3,(H,34,36)(H2,35,38,39)/t18-,20-,25+,27?/m0/s1. The van der Waals surface area contributed by atoms with Crippen molar-refractivity contribution in [2.45, 2.75) is 59.2 Å². The number of anilines is 1. The molecule has 3 fully saturated rings. The van der Waals surface area contributed by atoms with Gasteiger partial charge >= 0.3 is 0 Å². The van der Waals surface area contributed by atoms with E-state index in [1.807, 2.05) is 30.5 Å². The van der Waals surface area contributed by atoms with Crippen LogP contribution in [0.1, 0.15) is 44.9 Å². The maximum atomic E-state index is 13.2. The van der Waals surface area contributed by atoms with E-state index < -0.39 is 0 Å². The van der Waals surface area contributed by atoms with Crippen molar-refractivity contribution in [3.8, 4) is 0 Å². The summed E-state index contributed by atoms with van der Waals surface area (Å²) in [6, 6.07) is 11.3. The highest BCUT2D eigenvalue weighted by molar-refractivity contribution is 6.35. The van der Waals surface area contributed by atoms with Crippen LogP contribution in [0.2, 0.25) is 10.0 Å². The van der Waals surface area contributed by atoms with E-state index in [0.717, 1.165) is 23.4 Å². The lowest BCUT2D eigenvalue weighted by Gasteiger charge is -2.61. The minimum atomic E-state index is -0.0879. The molecule has 10 heteroatoms. The SMILES string of the molecule is C[C@@H]1C(/N=C(\NCc2c[nH]cn2)Nc2ccc3c(=O)n(CCc4ccc(Cl)cc4Cl)cnc3c2)C[C@@H]2C[C@H]1C2(C)C. The molecule has 3 aliphatic carbocycles. The molecule has 8 nitrogen and oxygen atoms in total. The van der Waals surface area contributed by atoms with Crippen molar-refractivity contribution in [2.75, 3.05) is 5.32 Å². The van der Waals surface area contributed by atoms with Crippen LogP contribution in [0.25, 0.3) is 10.9 Å². The molecule has 0 spiro atoms. The third kappa shape index (κ3) is 5.60. The van der Waals surface area contributed by atoms with E-state index in [-0.39, 0.29) is 11.6 Å². The second-order valence-electron chi connectivity index (χ2n) is 12.0. The summed E-state index contributed by atoms with van der Waals surface area (Å²) < 4.78 is 1.62. The average molecular weight is 593 g/mol. The van der Waals surface area contributed by atoms with Crippen LogP contribution < -0.4 is 16.2 Å². The number of aromatic amines is 1. The van der Waals surface area contributed by atoms with Crippen LogP contribution in [-0.4, -0.2) is 31.5 Å². The molecule has 0 amide bonds. The highest BCUT2D eigenvalue weighted by atomic mass is 35.5. The number of aliphatic imine (C=N–C) groups is 1. The number of halogens is 2. The molecule has 2 bridgehead atoms. The van der Waals surface area contributed by atoms with Crippen molar-refractivity contribution in [1.82, 2.24) is 24.8 Å². The highest BCUT2D eigenvalue weighted by Gasteiger charge is 2.56. The molecule has 2 aromatic carbocycles. The van der Waals surface area contributed by atoms with Crippen LogP contribution >= 0.6 is 23.2 Å². The zero-order valence-electron chi connectivity index (χ0n) is 23.5. The molecule has 2 aromatic heterocycles. The molecule has 7 rings (SSSR count). The third-order valence-corrected chi connectivity index (χ3v) is 9.91. The van der Waals surface area contributed by atoms with Gasteiger partial charge < -0.3 is 15.6 Å². The molecule has 0 radical (unpaired) electrons. The zero-order valence-corrected chi connectivity index (χ0v) is 25.0. The highest BCUT2D eigenvalue weighted by Crippen LogP contribution is 2.61. The Kier molecular flexibility index (Phi) is 7.55. The first kappa shape index (κ1) is 27.8. The fraction of sp³-hybridized carbons (Fsp3) is 0.419. The number of benzene rings is 2. The van der Waals surface area contributed by atoms with Gasteiger partial charge in [-0.3, -0.25) is 9.36 Å². The molecule has 2 heterocycles. The topological polar surface area (TPSA) is 100.0 Å². The second-order valence-corrected chi connectivity index (χ2v) is 12.8. The Balaban J connectivity index is 1.21. The van der Waals surface area contributed by atoms with Gasteiger partial charge in [-0.2, -0.15) is 0 Å². The summed E-state index contributed by atoms with van der Waals surface area (Å²) in [6.07, 6.45) is 8.15. The first-order valence-corrected chi connectivity index (χ1v) is 14.9. The number of nitrogens with one attached hydrogen (secondary N) is 3. The Morgan fingerprint density at radius 3 is 2.76 bits per heavy atom. The van der Waals surface area contributed by atoms with Crippen LogP contribution in [0, 0.1) is 23.2 Å². The first-order chi connectivity index (χ1) is 19.7. The van der Waals surface area contributed by atoms with Gasteiger partial charge in [-0.05, 0) is 78.3 Å². The van der Waals surface area contributed by atoms with Crippen LogP contribution in [-0.2, 0) is 19.5 Å². The minimum absolute atomic E-state index is 0.0879. The van der Waals surface area contributed by atoms with Gasteiger partial charge in [-0.25, -0.2) is 15.0 Å².